The highest BCUT2D eigenvalue weighted by atomic mass is 35.5. The van der Waals surface area contributed by atoms with Crippen LogP contribution in [0.15, 0.2) is 12.1 Å². The number of ether oxygens (including phenoxy) is 2. The van der Waals surface area contributed by atoms with E-state index in [9.17, 15) is 9.59 Å². The first-order chi connectivity index (χ1) is 12.5. The highest BCUT2D eigenvalue weighted by Gasteiger charge is 2.51. The SMILES string of the molecule is CC#Cc1cc(Cl)c(C2C(=O)N3CC4CCC(CN3C2=O)O4)c(OC)c1. The standard InChI is InChI=1S/C19H19ClN2O4/c1-3-4-11-7-14(20)16(15(8-11)25-2)17-18(23)21-9-12-5-6-13(26-12)10-22(21)19(17)24/h7-8,12-13,17H,5-6,9-10H2,1-2H3. The number of nitrogens with zero attached hydrogens (tertiary/aromatic N) is 2. The molecule has 0 aliphatic carbocycles. The summed E-state index contributed by atoms with van der Waals surface area (Å²) in [5, 5.41) is 3.35. The summed E-state index contributed by atoms with van der Waals surface area (Å²) in [6.45, 7) is 2.52. The Bertz CT molecular complexity index is 814. The lowest BCUT2D eigenvalue weighted by Crippen LogP contribution is -2.45. The highest BCUT2D eigenvalue weighted by Crippen LogP contribution is 2.41. The van der Waals surface area contributed by atoms with Crippen molar-refractivity contribution in [2.24, 2.45) is 0 Å². The van der Waals surface area contributed by atoms with Crippen LogP contribution >= 0.6 is 11.6 Å². The molecule has 3 fully saturated rings. The van der Waals surface area contributed by atoms with E-state index in [0.29, 0.717) is 35.0 Å². The molecule has 26 heavy (non-hydrogen) atoms. The van der Waals surface area contributed by atoms with Crippen molar-refractivity contribution in [1.82, 2.24) is 10.0 Å². The molecule has 3 aliphatic rings. The molecule has 0 saturated carbocycles. The second kappa shape index (κ2) is 6.49. The molecule has 2 amide bonds. The molecule has 2 unspecified atom stereocenters. The van der Waals surface area contributed by atoms with Gasteiger partial charge in [0.05, 0.1) is 37.4 Å². The Hall–Kier alpha value is -2.23. The summed E-state index contributed by atoms with van der Waals surface area (Å²) in [5.41, 5.74) is 1.09. The van der Waals surface area contributed by atoms with Gasteiger partial charge in [-0.1, -0.05) is 17.5 Å². The van der Waals surface area contributed by atoms with E-state index in [4.69, 9.17) is 21.1 Å². The van der Waals surface area contributed by atoms with E-state index in [1.165, 1.54) is 17.1 Å². The molecule has 6 nitrogen and oxygen atoms in total. The first-order valence-electron chi connectivity index (χ1n) is 8.61. The number of carbonyl (C=O) groups is 2. The lowest BCUT2D eigenvalue weighted by atomic mass is 9.95. The average molecular weight is 375 g/mol. The normalized spacial score (nSPS) is 27.1. The van der Waals surface area contributed by atoms with Gasteiger partial charge >= 0.3 is 0 Å². The number of hydrogen-bond acceptors (Lipinski definition) is 4. The minimum atomic E-state index is -0.987. The van der Waals surface area contributed by atoms with Crippen LogP contribution in [0, 0.1) is 11.8 Å². The number of halogens is 1. The zero-order valence-corrected chi connectivity index (χ0v) is 15.4. The Labute approximate surface area is 157 Å². The number of hydrazine groups is 1. The van der Waals surface area contributed by atoms with Crippen molar-refractivity contribution in [2.75, 3.05) is 20.2 Å². The Kier molecular flexibility index (Phi) is 4.29. The van der Waals surface area contributed by atoms with Crippen molar-refractivity contribution in [3.63, 3.8) is 0 Å². The van der Waals surface area contributed by atoms with E-state index < -0.39 is 5.92 Å². The van der Waals surface area contributed by atoms with Gasteiger partial charge in [-0.05, 0) is 31.9 Å². The summed E-state index contributed by atoms with van der Waals surface area (Å²) in [6.07, 6.45) is 1.80. The Balaban J connectivity index is 1.75. The molecule has 4 rings (SSSR count). The van der Waals surface area contributed by atoms with Crippen LogP contribution in [0.1, 0.15) is 36.8 Å². The fourth-order valence-corrected chi connectivity index (χ4v) is 4.28. The molecule has 2 bridgehead atoms. The highest BCUT2D eigenvalue weighted by molar-refractivity contribution is 6.32. The molecule has 0 radical (unpaired) electrons. The van der Waals surface area contributed by atoms with Gasteiger partial charge in [0.25, 0.3) is 11.8 Å². The molecule has 1 aromatic carbocycles. The van der Waals surface area contributed by atoms with Gasteiger partial charge in [0, 0.05) is 11.1 Å². The second-order valence-electron chi connectivity index (χ2n) is 6.68. The van der Waals surface area contributed by atoms with Crippen LogP contribution in [0.4, 0.5) is 0 Å². The molecule has 0 N–H and O–H groups in total. The van der Waals surface area contributed by atoms with Crippen LogP contribution in [0.5, 0.6) is 5.75 Å². The predicted octanol–water partition coefficient (Wildman–Crippen LogP) is 1.95. The van der Waals surface area contributed by atoms with Crippen LogP contribution in [-0.2, 0) is 14.3 Å². The maximum atomic E-state index is 13.1. The summed E-state index contributed by atoms with van der Waals surface area (Å²) >= 11 is 6.45. The van der Waals surface area contributed by atoms with Gasteiger partial charge in [-0.3, -0.25) is 9.59 Å². The first-order valence-corrected chi connectivity index (χ1v) is 8.99. The van der Waals surface area contributed by atoms with E-state index in [1.807, 2.05) is 0 Å². The molecular weight excluding hydrogens is 356 g/mol. The maximum absolute atomic E-state index is 13.1. The van der Waals surface area contributed by atoms with E-state index in [2.05, 4.69) is 11.8 Å². The van der Waals surface area contributed by atoms with Crippen molar-refractivity contribution < 1.29 is 19.1 Å². The van der Waals surface area contributed by atoms with Gasteiger partial charge in [0.15, 0.2) is 5.92 Å². The lowest BCUT2D eigenvalue weighted by Gasteiger charge is -2.27. The fourth-order valence-electron chi connectivity index (χ4n) is 3.96. The maximum Gasteiger partial charge on any atom is 0.258 e. The second-order valence-corrected chi connectivity index (χ2v) is 7.09. The number of methoxy groups -OCH3 is 1. The average Bonchev–Trinajstić information content (AvgIpc) is 3.05. The Morgan fingerprint density at radius 1 is 1.15 bits per heavy atom. The monoisotopic (exact) mass is 374 g/mol. The van der Waals surface area contributed by atoms with Crippen LogP contribution < -0.4 is 4.74 Å². The zero-order valence-electron chi connectivity index (χ0n) is 14.6. The first kappa shape index (κ1) is 17.2. The van der Waals surface area contributed by atoms with Crippen LogP contribution in [-0.4, -0.2) is 54.2 Å². The summed E-state index contributed by atoms with van der Waals surface area (Å²) in [6, 6.07) is 3.38. The molecule has 1 aromatic rings. The summed E-state index contributed by atoms with van der Waals surface area (Å²) in [4.78, 5) is 26.2. The molecule has 2 atom stereocenters. The van der Waals surface area contributed by atoms with Gasteiger partial charge in [-0.15, -0.1) is 5.92 Å². The predicted molar refractivity (Wildman–Crippen MR) is 94.6 cm³/mol. The van der Waals surface area contributed by atoms with Gasteiger partial charge in [0.2, 0.25) is 0 Å². The molecule has 7 heteroatoms. The van der Waals surface area contributed by atoms with Gasteiger partial charge in [-0.25, -0.2) is 10.0 Å². The number of amides is 2. The molecule has 3 heterocycles. The summed E-state index contributed by atoms with van der Waals surface area (Å²) < 4.78 is 11.3. The third-order valence-electron chi connectivity index (χ3n) is 5.11. The van der Waals surface area contributed by atoms with Gasteiger partial charge in [0.1, 0.15) is 5.75 Å². The van der Waals surface area contributed by atoms with E-state index in [1.54, 1.807) is 19.1 Å². The van der Waals surface area contributed by atoms with Crippen molar-refractivity contribution in [1.29, 1.82) is 0 Å². The lowest BCUT2D eigenvalue weighted by molar-refractivity contribution is -0.146. The van der Waals surface area contributed by atoms with Crippen LogP contribution in [0.25, 0.3) is 0 Å². The van der Waals surface area contributed by atoms with Gasteiger partial charge in [-0.2, -0.15) is 0 Å². The van der Waals surface area contributed by atoms with Crippen molar-refractivity contribution in [2.45, 2.75) is 37.9 Å². The molecule has 3 aliphatic heterocycles. The number of hydrogen-bond donors (Lipinski definition) is 0. The van der Waals surface area contributed by atoms with Crippen molar-refractivity contribution in [3.05, 3.63) is 28.3 Å². The van der Waals surface area contributed by atoms with Gasteiger partial charge < -0.3 is 9.47 Å². The van der Waals surface area contributed by atoms with Crippen LogP contribution in [0.2, 0.25) is 5.02 Å². The number of benzene rings is 1. The van der Waals surface area contributed by atoms with Crippen LogP contribution in [0.3, 0.4) is 0 Å². The van der Waals surface area contributed by atoms with Crippen molar-refractivity contribution >= 4 is 23.4 Å². The zero-order chi connectivity index (χ0) is 18.4. The minimum absolute atomic E-state index is 0.0138. The number of carbonyl (C=O) groups excluding carboxylic acids is 2. The topological polar surface area (TPSA) is 59.1 Å². The third kappa shape index (κ3) is 2.63. The minimum Gasteiger partial charge on any atom is -0.496 e. The molecule has 136 valence electrons. The van der Waals surface area contributed by atoms with E-state index in [-0.39, 0.29) is 24.0 Å². The quantitative estimate of drug-likeness (QED) is 0.586. The molecule has 0 aromatic heterocycles. The Morgan fingerprint density at radius 3 is 2.31 bits per heavy atom. The largest absolute Gasteiger partial charge is 0.496 e. The fraction of sp³-hybridized carbons (Fsp3) is 0.474. The summed E-state index contributed by atoms with van der Waals surface area (Å²) in [5.74, 6) is 4.59. The molecule has 0 spiro atoms. The molecule has 3 saturated heterocycles. The smallest absolute Gasteiger partial charge is 0.258 e. The third-order valence-corrected chi connectivity index (χ3v) is 5.42. The van der Waals surface area contributed by atoms with Crippen molar-refractivity contribution in [3.8, 4) is 17.6 Å². The number of fused-ring (bicyclic) bond motifs is 3. The van der Waals surface area contributed by atoms with E-state index >= 15 is 0 Å². The molecular formula is C19H19ClN2O4. The Morgan fingerprint density at radius 2 is 1.77 bits per heavy atom. The van der Waals surface area contributed by atoms with E-state index in [0.717, 1.165) is 12.8 Å². The summed E-state index contributed by atoms with van der Waals surface area (Å²) in [7, 11) is 1.49. The number of rotatable bonds is 2.